The monoisotopic (exact) mass is 504 g/mol. The lowest BCUT2D eigenvalue weighted by Gasteiger charge is -2.42. The Kier molecular flexibility index (Phi) is 9.43. The summed E-state index contributed by atoms with van der Waals surface area (Å²) < 4.78 is 0. The topological polar surface area (TPSA) is 102 Å². The van der Waals surface area contributed by atoms with Crippen LogP contribution in [0.2, 0.25) is 0 Å². The summed E-state index contributed by atoms with van der Waals surface area (Å²) in [4.78, 5) is 42.8. The number of piperazine rings is 1. The molecule has 2 unspecified atom stereocenters. The summed E-state index contributed by atoms with van der Waals surface area (Å²) in [6, 6.07) is 3.10. The highest BCUT2D eigenvalue weighted by atomic mass is 32.1. The van der Waals surface area contributed by atoms with Gasteiger partial charge in [-0.15, -0.1) is 11.3 Å². The molecular weight excluding hydrogens is 464 g/mol. The molecule has 9 heteroatoms. The van der Waals surface area contributed by atoms with Gasteiger partial charge in [-0.3, -0.25) is 9.59 Å². The Hall–Kier alpha value is -2.13. The lowest BCUT2D eigenvalue weighted by molar-refractivity contribution is -0.145. The normalized spacial score (nSPS) is 23.1. The maximum atomic E-state index is 14.0. The van der Waals surface area contributed by atoms with Gasteiger partial charge in [0.25, 0.3) is 0 Å². The summed E-state index contributed by atoms with van der Waals surface area (Å²) in [6.07, 6.45) is 11.6. The molecule has 2 saturated carbocycles. The van der Waals surface area contributed by atoms with Crippen LogP contribution in [0.5, 0.6) is 0 Å². The zero-order valence-electron chi connectivity index (χ0n) is 20.6. The van der Waals surface area contributed by atoms with Gasteiger partial charge in [-0.05, 0) is 36.6 Å². The van der Waals surface area contributed by atoms with Crippen molar-refractivity contribution in [2.24, 2.45) is 5.92 Å². The highest BCUT2D eigenvalue weighted by molar-refractivity contribution is 7.09. The Balaban J connectivity index is 1.48. The predicted octanol–water partition coefficient (Wildman–Crippen LogP) is 3.82. The van der Waals surface area contributed by atoms with E-state index in [0.29, 0.717) is 18.5 Å². The van der Waals surface area contributed by atoms with Crippen LogP contribution >= 0.6 is 11.3 Å². The van der Waals surface area contributed by atoms with E-state index in [1.54, 1.807) is 16.2 Å². The molecule has 0 radical (unpaired) electrons. The molecule has 35 heavy (non-hydrogen) atoms. The van der Waals surface area contributed by atoms with Crippen LogP contribution in [-0.2, 0) is 16.1 Å². The van der Waals surface area contributed by atoms with Crippen molar-refractivity contribution in [1.82, 2.24) is 20.4 Å². The number of amides is 3. The van der Waals surface area contributed by atoms with Crippen LogP contribution in [0.25, 0.3) is 0 Å². The average Bonchev–Trinajstić information content (AvgIpc) is 3.41. The molecule has 1 aliphatic heterocycles. The summed E-state index contributed by atoms with van der Waals surface area (Å²) in [5.41, 5.74) is 0. The molecule has 0 spiro atoms. The molecule has 0 aromatic carbocycles. The number of rotatable bonds is 8. The number of hydrogen-bond acceptors (Lipinski definition) is 5. The summed E-state index contributed by atoms with van der Waals surface area (Å²) in [5, 5.41) is 18.2. The second-order valence-electron chi connectivity index (χ2n) is 10.4. The summed E-state index contributed by atoms with van der Waals surface area (Å²) in [7, 11) is 0. The molecule has 3 N–H and O–H groups in total. The first-order chi connectivity index (χ1) is 17.0. The molecule has 1 aromatic rings. The van der Waals surface area contributed by atoms with Gasteiger partial charge in [0.2, 0.25) is 11.8 Å². The molecule has 4 rings (SSSR count). The number of thiophene rings is 1. The predicted molar refractivity (Wildman–Crippen MR) is 136 cm³/mol. The number of carbonyl (C=O) groups excluding carboxylic acids is 2. The summed E-state index contributed by atoms with van der Waals surface area (Å²) in [5.74, 6) is 0.203. The fraction of sp³-hybridized carbons (Fsp3) is 0.731. The minimum atomic E-state index is -1.05. The van der Waals surface area contributed by atoms with Crippen LogP contribution in [0.3, 0.4) is 0 Å². The van der Waals surface area contributed by atoms with Gasteiger partial charge in [0, 0.05) is 24.0 Å². The molecule has 2 heterocycles. The fourth-order valence-electron chi connectivity index (χ4n) is 5.90. The zero-order chi connectivity index (χ0) is 24.6. The molecule has 8 nitrogen and oxygen atoms in total. The minimum Gasteiger partial charge on any atom is -0.465 e. The average molecular weight is 505 g/mol. The van der Waals surface area contributed by atoms with E-state index in [1.165, 1.54) is 43.4 Å². The molecule has 3 amide bonds. The first-order valence-corrected chi connectivity index (χ1v) is 14.2. The summed E-state index contributed by atoms with van der Waals surface area (Å²) in [6.45, 7) is 0.871. The summed E-state index contributed by atoms with van der Waals surface area (Å²) >= 11 is 1.56. The van der Waals surface area contributed by atoms with E-state index in [1.807, 2.05) is 17.5 Å². The maximum Gasteiger partial charge on any atom is 0.407 e. The van der Waals surface area contributed by atoms with Crippen molar-refractivity contribution >= 4 is 29.2 Å². The Morgan fingerprint density at radius 3 is 2.40 bits per heavy atom. The van der Waals surface area contributed by atoms with E-state index in [2.05, 4.69) is 10.6 Å². The quantitative estimate of drug-likeness (QED) is 0.500. The van der Waals surface area contributed by atoms with E-state index >= 15 is 0 Å². The standard InChI is InChI=1S/C26H40N4O4S/c31-24(27-17-21-12-7-15-35-21)23-18-29(26(33)34)13-14-30(23)25(32)22(16-19-8-3-1-4-9-19)28-20-10-5-2-6-11-20/h7,12,15,19-20,22-23,28H,1-6,8-11,13-14,16-18H2,(H,27,31)(H,33,34). The molecular formula is C26H40N4O4S. The Morgan fingerprint density at radius 1 is 1.03 bits per heavy atom. The van der Waals surface area contributed by atoms with E-state index in [-0.39, 0.29) is 37.5 Å². The van der Waals surface area contributed by atoms with Crippen LogP contribution in [0, 0.1) is 5.92 Å². The van der Waals surface area contributed by atoms with E-state index in [0.717, 1.165) is 37.0 Å². The van der Waals surface area contributed by atoms with Gasteiger partial charge in [0.15, 0.2) is 0 Å². The van der Waals surface area contributed by atoms with Crippen molar-refractivity contribution in [3.8, 4) is 0 Å². The van der Waals surface area contributed by atoms with Gasteiger partial charge in [-0.25, -0.2) is 4.79 Å². The van der Waals surface area contributed by atoms with E-state index in [4.69, 9.17) is 0 Å². The first-order valence-electron chi connectivity index (χ1n) is 13.4. The third kappa shape index (κ3) is 7.19. The number of hydrogen-bond donors (Lipinski definition) is 3. The van der Waals surface area contributed by atoms with Crippen LogP contribution in [-0.4, -0.2) is 70.6 Å². The molecule has 2 atom stereocenters. The van der Waals surface area contributed by atoms with Crippen LogP contribution in [0.1, 0.15) is 75.5 Å². The van der Waals surface area contributed by atoms with Gasteiger partial charge in [0.05, 0.1) is 19.1 Å². The van der Waals surface area contributed by atoms with Crippen LogP contribution in [0.4, 0.5) is 4.79 Å². The SMILES string of the molecule is O=C(NCc1cccs1)C1CN(C(=O)O)CCN1C(=O)C(CC1CCCCC1)NC1CCCCC1. The second kappa shape index (κ2) is 12.7. The molecule has 1 saturated heterocycles. The maximum absolute atomic E-state index is 14.0. The van der Waals surface area contributed by atoms with Crippen molar-refractivity contribution in [2.45, 2.75) is 95.3 Å². The molecule has 3 fully saturated rings. The van der Waals surface area contributed by atoms with Gasteiger partial charge < -0.3 is 25.5 Å². The highest BCUT2D eigenvalue weighted by Gasteiger charge is 2.40. The number of nitrogens with one attached hydrogen (secondary N) is 2. The smallest absolute Gasteiger partial charge is 0.407 e. The van der Waals surface area contributed by atoms with Crippen molar-refractivity contribution < 1.29 is 19.5 Å². The first kappa shape index (κ1) is 25.9. The van der Waals surface area contributed by atoms with E-state index in [9.17, 15) is 19.5 Å². The molecule has 1 aromatic heterocycles. The minimum absolute atomic E-state index is 0.0108. The second-order valence-corrected chi connectivity index (χ2v) is 11.4. The third-order valence-corrected chi connectivity index (χ3v) is 8.76. The van der Waals surface area contributed by atoms with E-state index < -0.39 is 12.1 Å². The Labute approximate surface area is 212 Å². The molecule has 3 aliphatic rings. The number of carbonyl (C=O) groups is 3. The third-order valence-electron chi connectivity index (χ3n) is 7.89. The number of carboxylic acid groups (broad SMARTS) is 1. The Bertz CT molecular complexity index is 816. The zero-order valence-corrected chi connectivity index (χ0v) is 21.4. The van der Waals surface area contributed by atoms with Crippen molar-refractivity contribution in [2.75, 3.05) is 19.6 Å². The molecule has 194 valence electrons. The highest BCUT2D eigenvalue weighted by Crippen LogP contribution is 2.29. The van der Waals surface area contributed by atoms with Gasteiger partial charge in [-0.2, -0.15) is 0 Å². The largest absolute Gasteiger partial charge is 0.465 e. The van der Waals surface area contributed by atoms with Crippen molar-refractivity contribution in [3.05, 3.63) is 22.4 Å². The molecule has 2 aliphatic carbocycles. The fourth-order valence-corrected chi connectivity index (χ4v) is 6.54. The van der Waals surface area contributed by atoms with Crippen LogP contribution in [0.15, 0.2) is 17.5 Å². The lowest BCUT2D eigenvalue weighted by Crippen LogP contribution is -2.64. The van der Waals surface area contributed by atoms with Crippen molar-refractivity contribution in [3.63, 3.8) is 0 Å². The van der Waals surface area contributed by atoms with Gasteiger partial charge in [-0.1, -0.05) is 57.4 Å². The van der Waals surface area contributed by atoms with Gasteiger partial charge >= 0.3 is 6.09 Å². The van der Waals surface area contributed by atoms with Crippen LogP contribution < -0.4 is 10.6 Å². The van der Waals surface area contributed by atoms with Crippen molar-refractivity contribution in [1.29, 1.82) is 0 Å². The van der Waals surface area contributed by atoms with Gasteiger partial charge in [0.1, 0.15) is 6.04 Å². The lowest BCUT2D eigenvalue weighted by atomic mass is 9.83. The Morgan fingerprint density at radius 2 is 1.74 bits per heavy atom. The number of nitrogens with zero attached hydrogens (tertiary/aromatic N) is 2. The molecule has 0 bridgehead atoms.